The molecular formula is C9H21N3O. The van der Waals surface area contributed by atoms with Crippen molar-refractivity contribution in [2.24, 2.45) is 10.7 Å². The zero-order valence-corrected chi connectivity index (χ0v) is 8.75. The Morgan fingerprint density at radius 3 is 2.54 bits per heavy atom. The lowest BCUT2D eigenvalue weighted by molar-refractivity contribution is 0.182. The Balaban J connectivity index is 3.47. The number of guanidine groups is 1. The molecule has 0 spiro atoms. The molecule has 0 aliphatic heterocycles. The van der Waals surface area contributed by atoms with Gasteiger partial charge in [0.05, 0.1) is 6.10 Å². The van der Waals surface area contributed by atoms with E-state index in [4.69, 9.17) is 10.8 Å². The van der Waals surface area contributed by atoms with Crippen LogP contribution >= 0.6 is 0 Å². The van der Waals surface area contributed by atoms with Crippen LogP contribution in [0, 0.1) is 0 Å². The Kier molecular flexibility index (Phi) is 6.32. The highest BCUT2D eigenvalue weighted by Gasteiger charge is 1.96. The lowest BCUT2D eigenvalue weighted by atomic mass is 10.2. The molecule has 1 unspecified atom stereocenters. The van der Waals surface area contributed by atoms with Crippen molar-refractivity contribution in [1.82, 2.24) is 5.32 Å². The number of hydrogen-bond acceptors (Lipinski definition) is 2. The number of hydrogen-bond donors (Lipinski definition) is 3. The van der Waals surface area contributed by atoms with Crippen molar-refractivity contribution < 1.29 is 5.11 Å². The van der Waals surface area contributed by atoms with Crippen LogP contribution in [0.15, 0.2) is 4.99 Å². The normalized spacial score (nSPS) is 14.7. The summed E-state index contributed by atoms with van der Waals surface area (Å²) in [5, 5.41) is 12.0. The van der Waals surface area contributed by atoms with E-state index in [1.54, 1.807) is 6.92 Å². The number of nitrogens with two attached hydrogens (primary N) is 1. The fourth-order valence-electron chi connectivity index (χ4n) is 0.928. The smallest absolute Gasteiger partial charge is 0.188 e. The van der Waals surface area contributed by atoms with Crippen LogP contribution in [-0.2, 0) is 0 Å². The van der Waals surface area contributed by atoms with Gasteiger partial charge in [0.1, 0.15) is 0 Å². The summed E-state index contributed by atoms with van der Waals surface area (Å²) in [5.74, 6) is 0.487. The third-order valence-corrected chi connectivity index (χ3v) is 1.50. The summed E-state index contributed by atoms with van der Waals surface area (Å²) in [5.41, 5.74) is 5.57. The summed E-state index contributed by atoms with van der Waals surface area (Å²) in [6, 6.07) is 0.320. The highest BCUT2D eigenvalue weighted by atomic mass is 16.3. The van der Waals surface area contributed by atoms with Crippen molar-refractivity contribution in [3.05, 3.63) is 0 Å². The summed E-state index contributed by atoms with van der Waals surface area (Å²) in [6.07, 6.45) is 1.41. The van der Waals surface area contributed by atoms with Crippen LogP contribution in [-0.4, -0.2) is 29.8 Å². The molecule has 13 heavy (non-hydrogen) atoms. The zero-order chi connectivity index (χ0) is 10.3. The van der Waals surface area contributed by atoms with Gasteiger partial charge in [-0.25, -0.2) is 0 Å². The summed E-state index contributed by atoms with van der Waals surface area (Å²) in [4.78, 5) is 4.11. The Bertz CT molecular complexity index is 155. The van der Waals surface area contributed by atoms with Crippen LogP contribution in [0.2, 0.25) is 0 Å². The lowest BCUT2D eigenvalue weighted by Crippen LogP contribution is -2.36. The van der Waals surface area contributed by atoms with Gasteiger partial charge < -0.3 is 16.2 Å². The van der Waals surface area contributed by atoms with Gasteiger partial charge in [0.2, 0.25) is 0 Å². The van der Waals surface area contributed by atoms with Crippen LogP contribution in [0.3, 0.4) is 0 Å². The highest BCUT2D eigenvalue weighted by molar-refractivity contribution is 5.77. The Morgan fingerprint density at radius 1 is 1.46 bits per heavy atom. The SMILES string of the molecule is CC(O)CCCN=C(N)NC(C)C. The number of rotatable bonds is 5. The Labute approximate surface area is 80.2 Å². The van der Waals surface area contributed by atoms with Gasteiger partial charge in [-0.1, -0.05) is 0 Å². The van der Waals surface area contributed by atoms with Gasteiger partial charge in [-0.15, -0.1) is 0 Å². The van der Waals surface area contributed by atoms with Gasteiger partial charge in [-0.05, 0) is 33.6 Å². The molecule has 0 bridgehead atoms. The van der Waals surface area contributed by atoms with Crippen molar-refractivity contribution in [3.8, 4) is 0 Å². The third-order valence-electron chi connectivity index (χ3n) is 1.50. The Hall–Kier alpha value is -0.770. The molecule has 0 aliphatic carbocycles. The van der Waals surface area contributed by atoms with Crippen molar-refractivity contribution in [3.63, 3.8) is 0 Å². The molecule has 4 nitrogen and oxygen atoms in total. The minimum atomic E-state index is -0.241. The largest absolute Gasteiger partial charge is 0.393 e. The van der Waals surface area contributed by atoms with Gasteiger partial charge in [0.15, 0.2) is 5.96 Å². The molecule has 0 amide bonds. The first-order chi connectivity index (χ1) is 6.02. The van der Waals surface area contributed by atoms with Crippen molar-refractivity contribution in [1.29, 1.82) is 0 Å². The highest BCUT2D eigenvalue weighted by Crippen LogP contribution is 1.95. The summed E-state index contributed by atoms with van der Waals surface area (Å²) >= 11 is 0. The van der Waals surface area contributed by atoms with E-state index in [-0.39, 0.29) is 6.10 Å². The van der Waals surface area contributed by atoms with E-state index in [1.807, 2.05) is 13.8 Å². The van der Waals surface area contributed by atoms with Crippen molar-refractivity contribution in [2.75, 3.05) is 6.54 Å². The molecule has 0 aromatic carbocycles. The molecule has 0 aliphatic rings. The number of aliphatic hydroxyl groups excluding tert-OH is 1. The molecular weight excluding hydrogens is 166 g/mol. The fourth-order valence-corrected chi connectivity index (χ4v) is 0.928. The molecule has 0 aromatic heterocycles. The molecule has 0 rings (SSSR count). The second-order valence-corrected chi connectivity index (χ2v) is 3.56. The number of aliphatic imine (C=N–C) groups is 1. The van der Waals surface area contributed by atoms with Crippen molar-refractivity contribution in [2.45, 2.75) is 45.8 Å². The zero-order valence-electron chi connectivity index (χ0n) is 8.75. The van der Waals surface area contributed by atoms with Crippen LogP contribution in [0.5, 0.6) is 0 Å². The standard InChI is InChI=1S/C9H21N3O/c1-7(2)12-9(10)11-6-4-5-8(3)13/h7-8,13H,4-6H2,1-3H3,(H3,10,11,12). The maximum Gasteiger partial charge on any atom is 0.188 e. The molecule has 78 valence electrons. The van der Waals surface area contributed by atoms with E-state index in [0.29, 0.717) is 18.5 Å². The molecule has 0 aromatic rings. The average Bonchev–Trinajstić information content (AvgIpc) is 1.96. The van der Waals surface area contributed by atoms with Crippen molar-refractivity contribution >= 4 is 5.96 Å². The molecule has 0 radical (unpaired) electrons. The molecule has 4 heteroatoms. The van der Waals surface area contributed by atoms with Crippen LogP contribution in [0.1, 0.15) is 33.6 Å². The quantitative estimate of drug-likeness (QED) is 0.333. The summed E-state index contributed by atoms with van der Waals surface area (Å²) < 4.78 is 0. The van der Waals surface area contributed by atoms with E-state index in [2.05, 4.69) is 10.3 Å². The Morgan fingerprint density at radius 2 is 2.08 bits per heavy atom. The van der Waals surface area contributed by atoms with Crippen LogP contribution < -0.4 is 11.1 Å². The van der Waals surface area contributed by atoms with Crippen LogP contribution in [0.25, 0.3) is 0 Å². The van der Waals surface area contributed by atoms with Gasteiger partial charge in [-0.3, -0.25) is 4.99 Å². The number of nitrogens with one attached hydrogen (secondary N) is 1. The van der Waals surface area contributed by atoms with Gasteiger partial charge in [0, 0.05) is 12.6 Å². The first-order valence-electron chi connectivity index (χ1n) is 4.77. The summed E-state index contributed by atoms with van der Waals surface area (Å²) in [6.45, 7) is 6.48. The van der Waals surface area contributed by atoms with Gasteiger partial charge in [-0.2, -0.15) is 0 Å². The van der Waals surface area contributed by atoms with Crippen LogP contribution in [0.4, 0.5) is 0 Å². The van der Waals surface area contributed by atoms with Gasteiger partial charge >= 0.3 is 0 Å². The second kappa shape index (κ2) is 6.71. The first-order valence-corrected chi connectivity index (χ1v) is 4.77. The first kappa shape index (κ1) is 12.2. The predicted molar refractivity (Wildman–Crippen MR) is 55.7 cm³/mol. The minimum Gasteiger partial charge on any atom is -0.393 e. The topological polar surface area (TPSA) is 70.6 Å². The van der Waals surface area contributed by atoms with E-state index in [0.717, 1.165) is 12.8 Å². The molecule has 0 fully saturated rings. The molecule has 0 heterocycles. The lowest BCUT2D eigenvalue weighted by Gasteiger charge is -2.08. The van der Waals surface area contributed by atoms with Gasteiger partial charge in [0.25, 0.3) is 0 Å². The average molecular weight is 187 g/mol. The van der Waals surface area contributed by atoms with E-state index in [1.165, 1.54) is 0 Å². The third kappa shape index (κ3) is 9.14. The molecule has 4 N–H and O–H groups in total. The predicted octanol–water partition coefficient (Wildman–Crippen LogP) is 0.460. The number of aliphatic hydroxyl groups is 1. The van der Waals surface area contributed by atoms with E-state index in [9.17, 15) is 0 Å². The maximum atomic E-state index is 8.97. The fraction of sp³-hybridized carbons (Fsp3) is 0.889. The number of nitrogens with zero attached hydrogens (tertiary/aromatic N) is 1. The monoisotopic (exact) mass is 187 g/mol. The molecule has 1 atom stereocenters. The van der Waals surface area contributed by atoms with E-state index >= 15 is 0 Å². The minimum absolute atomic E-state index is 0.241. The maximum absolute atomic E-state index is 8.97. The second-order valence-electron chi connectivity index (χ2n) is 3.56. The summed E-state index contributed by atoms with van der Waals surface area (Å²) in [7, 11) is 0. The van der Waals surface area contributed by atoms with E-state index < -0.39 is 0 Å². The molecule has 0 saturated carbocycles. The molecule has 0 saturated heterocycles.